The number of hydrogen-bond acceptors (Lipinski definition) is 8. The summed E-state index contributed by atoms with van der Waals surface area (Å²) in [4.78, 5) is 47.1. The molecule has 0 N–H and O–H groups in total. The van der Waals surface area contributed by atoms with Crippen molar-refractivity contribution in [2.24, 2.45) is 0 Å². The van der Waals surface area contributed by atoms with E-state index >= 15 is 0 Å². The maximum atomic E-state index is 12.1. The largest absolute Gasteiger partial charge is 0.460 e. The molecule has 0 aliphatic carbocycles. The summed E-state index contributed by atoms with van der Waals surface area (Å²) < 4.78 is 19.4. The first-order chi connectivity index (χ1) is 11.1. The first-order valence-electron chi connectivity index (χ1n) is 7.04. The van der Waals surface area contributed by atoms with Gasteiger partial charge >= 0.3 is 23.9 Å². The first kappa shape index (κ1) is 22.5. The number of rotatable bonds is 9. The Morgan fingerprint density at radius 2 is 0.958 bits per heavy atom. The molecule has 0 aromatic heterocycles. The van der Waals surface area contributed by atoms with Crippen LogP contribution in [-0.2, 0) is 38.1 Å². The van der Waals surface area contributed by atoms with Crippen molar-refractivity contribution in [1.29, 1.82) is 0 Å². The summed E-state index contributed by atoms with van der Waals surface area (Å²) in [7, 11) is 0. The number of hydrogen-bond donors (Lipinski definition) is 0. The Bertz CT molecular complexity index is 422. The zero-order valence-corrected chi connectivity index (χ0v) is 15.3. The molecular formula is C14H20Cl2O8. The predicted molar refractivity (Wildman–Crippen MR) is 83.7 cm³/mol. The smallest absolute Gasteiger partial charge is 0.352 e. The molecule has 0 rings (SSSR count). The van der Waals surface area contributed by atoms with Crippen molar-refractivity contribution in [3.05, 3.63) is 0 Å². The molecule has 138 valence electrons. The van der Waals surface area contributed by atoms with Crippen LogP contribution in [0.5, 0.6) is 0 Å². The van der Waals surface area contributed by atoms with E-state index in [0.29, 0.717) is 0 Å². The van der Waals surface area contributed by atoms with E-state index in [2.05, 4.69) is 0 Å². The van der Waals surface area contributed by atoms with E-state index in [1.165, 1.54) is 0 Å². The first-order valence-corrected chi connectivity index (χ1v) is 8.11. The number of halogens is 2. The van der Waals surface area contributed by atoms with E-state index in [9.17, 15) is 19.2 Å². The highest BCUT2D eigenvalue weighted by Gasteiger charge is 2.43. The maximum absolute atomic E-state index is 12.1. The van der Waals surface area contributed by atoms with Crippen LogP contribution in [0, 0.1) is 0 Å². The van der Waals surface area contributed by atoms with Crippen LogP contribution in [0.4, 0.5) is 0 Å². The van der Waals surface area contributed by atoms with Crippen molar-refractivity contribution in [3.8, 4) is 0 Å². The van der Waals surface area contributed by atoms with Gasteiger partial charge in [0, 0.05) is 0 Å². The Balaban J connectivity index is 5.56. The van der Waals surface area contributed by atoms with E-state index in [1.54, 1.807) is 27.7 Å². The van der Waals surface area contributed by atoms with Crippen molar-refractivity contribution >= 4 is 47.1 Å². The lowest BCUT2D eigenvalue weighted by Gasteiger charge is -2.25. The second-order valence-electron chi connectivity index (χ2n) is 5.06. The Labute approximate surface area is 149 Å². The molecule has 0 saturated carbocycles. The van der Waals surface area contributed by atoms with Gasteiger partial charge in [0.25, 0.3) is 0 Å². The average Bonchev–Trinajstić information content (AvgIpc) is 2.48. The molecule has 0 heterocycles. The zero-order valence-electron chi connectivity index (χ0n) is 13.7. The van der Waals surface area contributed by atoms with Crippen LogP contribution in [0.1, 0.15) is 27.7 Å². The second-order valence-corrected chi connectivity index (χ2v) is 5.59. The summed E-state index contributed by atoms with van der Waals surface area (Å²) in [5.41, 5.74) is 0. The Kier molecular flexibility index (Phi) is 10.4. The van der Waals surface area contributed by atoms with Gasteiger partial charge in [0.2, 0.25) is 12.2 Å². The summed E-state index contributed by atoms with van der Waals surface area (Å²) in [6, 6.07) is 0. The van der Waals surface area contributed by atoms with Crippen LogP contribution in [0.25, 0.3) is 0 Å². The molecule has 8 nitrogen and oxygen atoms in total. The number of alkyl halides is 2. The fourth-order valence-corrected chi connectivity index (χ4v) is 1.54. The lowest BCUT2D eigenvalue weighted by Crippen LogP contribution is -2.48. The lowest BCUT2D eigenvalue weighted by atomic mass is 10.2. The molecule has 0 aliphatic heterocycles. The van der Waals surface area contributed by atoms with E-state index in [4.69, 9.17) is 42.1 Å². The summed E-state index contributed by atoms with van der Waals surface area (Å²) in [6.07, 6.45) is -4.87. The van der Waals surface area contributed by atoms with Crippen molar-refractivity contribution < 1.29 is 38.1 Å². The monoisotopic (exact) mass is 386 g/mol. The van der Waals surface area contributed by atoms with Gasteiger partial charge in [-0.15, -0.1) is 23.2 Å². The molecule has 2 atom stereocenters. The van der Waals surface area contributed by atoms with Gasteiger partial charge in [-0.25, -0.2) is 9.59 Å². The van der Waals surface area contributed by atoms with Crippen molar-refractivity contribution in [1.82, 2.24) is 0 Å². The minimum absolute atomic E-state index is 0.569. The van der Waals surface area contributed by atoms with Gasteiger partial charge in [-0.3, -0.25) is 9.59 Å². The van der Waals surface area contributed by atoms with Gasteiger partial charge in [-0.1, -0.05) is 0 Å². The molecule has 0 radical (unpaired) electrons. The van der Waals surface area contributed by atoms with E-state index in [0.717, 1.165) is 0 Å². The molecule has 10 heteroatoms. The Hall–Kier alpha value is -1.54. The zero-order chi connectivity index (χ0) is 18.9. The fourth-order valence-electron chi connectivity index (χ4n) is 1.41. The summed E-state index contributed by atoms with van der Waals surface area (Å²) >= 11 is 10.7. The molecule has 24 heavy (non-hydrogen) atoms. The van der Waals surface area contributed by atoms with Gasteiger partial charge < -0.3 is 18.9 Å². The normalized spacial score (nSPS) is 13.2. The molecule has 0 aromatic rings. The molecule has 0 aromatic carbocycles. The van der Waals surface area contributed by atoms with Crippen LogP contribution < -0.4 is 0 Å². The third-order valence-electron chi connectivity index (χ3n) is 2.18. The van der Waals surface area contributed by atoms with Crippen LogP contribution in [0.2, 0.25) is 0 Å². The molecular weight excluding hydrogens is 367 g/mol. The van der Waals surface area contributed by atoms with Gasteiger partial charge in [0.05, 0.1) is 12.2 Å². The number of esters is 4. The fraction of sp³-hybridized carbons (Fsp3) is 0.714. The van der Waals surface area contributed by atoms with Crippen LogP contribution in [-0.4, -0.2) is 60.1 Å². The second kappa shape index (κ2) is 11.1. The summed E-state index contributed by atoms with van der Waals surface area (Å²) in [6.45, 7) is 6.18. The van der Waals surface area contributed by atoms with Crippen molar-refractivity contribution in [3.63, 3.8) is 0 Å². The Morgan fingerprint density at radius 1 is 0.667 bits per heavy atom. The van der Waals surface area contributed by atoms with E-state index in [-0.39, 0.29) is 0 Å². The van der Waals surface area contributed by atoms with Crippen LogP contribution in [0.3, 0.4) is 0 Å². The number of carbonyl (C=O) groups is 4. The molecule has 0 unspecified atom stereocenters. The molecule has 0 spiro atoms. The lowest BCUT2D eigenvalue weighted by molar-refractivity contribution is -0.193. The highest BCUT2D eigenvalue weighted by Crippen LogP contribution is 2.13. The SMILES string of the molecule is CC(C)OC(=O)[C@H](OC(=O)CCl)[C@@H](OC(=O)CCl)C(=O)OC(C)C. The van der Waals surface area contributed by atoms with Crippen molar-refractivity contribution in [2.45, 2.75) is 52.1 Å². The highest BCUT2D eigenvalue weighted by atomic mass is 35.5. The Morgan fingerprint density at radius 3 is 1.17 bits per heavy atom. The molecule has 0 saturated heterocycles. The maximum Gasteiger partial charge on any atom is 0.352 e. The minimum atomic E-state index is -1.86. The average molecular weight is 387 g/mol. The van der Waals surface area contributed by atoms with Gasteiger partial charge in [-0.2, -0.15) is 0 Å². The van der Waals surface area contributed by atoms with Crippen LogP contribution in [0.15, 0.2) is 0 Å². The highest BCUT2D eigenvalue weighted by molar-refractivity contribution is 6.26. The number of ether oxygens (including phenoxy) is 4. The van der Waals surface area contributed by atoms with E-state index < -0.39 is 60.1 Å². The topological polar surface area (TPSA) is 105 Å². The van der Waals surface area contributed by atoms with Gasteiger partial charge in [0.1, 0.15) is 11.8 Å². The quantitative estimate of drug-likeness (QED) is 0.330. The van der Waals surface area contributed by atoms with E-state index in [1.807, 2.05) is 0 Å². The standard InChI is InChI=1S/C14H20Cl2O8/c1-7(2)21-13(19)11(23-9(17)5-15)12(24-10(18)6-16)14(20)22-8(3)4/h7-8,11-12H,5-6H2,1-4H3/t11-,12-/m1/s1. The third-order valence-corrected chi connectivity index (χ3v) is 2.61. The molecule has 0 fully saturated rings. The minimum Gasteiger partial charge on any atom is -0.460 e. The predicted octanol–water partition coefficient (Wildman–Crippen LogP) is 1.19. The summed E-state index contributed by atoms with van der Waals surface area (Å²) in [5.74, 6) is -5.35. The summed E-state index contributed by atoms with van der Waals surface area (Å²) in [5, 5.41) is 0. The molecule has 0 amide bonds. The van der Waals surface area contributed by atoms with Gasteiger partial charge in [0.15, 0.2) is 0 Å². The number of carbonyl (C=O) groups excluding carboxylic acids is 4. The van der Waals surface area contributed by atoms with Crippen LogP contribution >= 0.6 is 23.2 Å². The third kappa shape index (κ3) is 8.35. The molecule has 0 bridgehead atoms. The molecule has 0 aliphatic rings. The van der Waals surface area contributed by atoms with Gasteiger partial charge in [-0.05, 0) is 27.7 Å². The van der Waals surface area contributed by atoms with Crippen molar-refractivity contribution in [2.75, 3.05) is 11.8 Å².